The van der Waals surface area contributed by atoms with Crippen LogP contribution in [0.1, 0.15) is 91.2 Å². The first kappa shape index (κ1) is 43.5. The maximum atomic E-state index is 15.0. The van der Waals surface area contributed by atoms with Crippen molar-refractivity contribution in [1.82, 2.24) is 15.2 Å². The van der Waals surface area contributed by atoms with Gasteiger partial charge in [0.15, 0.2) is 5.69 Å². The Morgan fingerprint density at radius 1 is 0.907 bits per heavy atom. The summed E-state index contributed by atoms with van der Waals surface area (Å²) in [7, 11) is 0. The van der Waals surface area contributed by atoms with Gasteiger partial charge in [0.2, 0.25) is 11.5 Å². The van der Waals surface area contributed by atoms with Crippen LogP contribution in [0.25, 0.3) is 11.6 Å². The van der Waals surface area contributed by atoms with Crippen molar-refractivity contribution in [3.05, 3.63) is 78.7 Å². The Morgan fingerprint density at radius 3 is 1.98 bits per heavy atom. The Kier molecular flexibility index (Phi) is 13.7. The van der Waals surface area contributed by atoms with Crippen LogP contribution in [-0.4, -0.2) is 50.9 Å². The molecule has 3 aromatic rings. The van der Waals surface area contributed by atoms with Gasteiger partial charge >= 0.3 is 24.5 Å². The fourth-order valence-corrected chi connectivity index (χ4v) is 4.79. The van der Waals surface area contributed by atoms with Crippen molar-refractivity contribution < 1.29 is 59.3 Å². The average Bonchev–Trinajstić information content (AvgIpc) is 3.53. The van der Waals surface area contributed by atoms with Crippen LogP contribution in [0.2, 0.25) is 0 Å². The van der Waals surface area contributed by atoms with E-state index in [-0.39, 0.29) is 17.7 Å². The molecule has 2 atom stereocenters. The number of hydrogen-bond acceptors (Lipinski definition) is 10. The maximum Gasteiger partial charge on any atom is 0.426 e. The highest BCUT2D eigenvalue weighted by Gasteiger charge is 2.61. The zero-order valence-electron chi connectivity index (χ0n) is 31.1. The SMILES string of the molecule is C=CCCC(CC)Oc1nc(-c2nnc([C@@](CC=C)(OCc3ccccc3)C(F)(F)F)o2)c(N(C(=O)OC(C)(C)C)C(=O)OC(C)(C)C)cc1C(F)(F)F. The molecular weight excluding hydrogens is 726 g/mol. The molecule has 2 aromatic heterocycles. The summed E-state index contributed by atoms with van der Waals surface area (Å²) < 4.78 is 117. The first-order chi connectivity index (χ1) is 25.0. The first-order valence-electron chi connectivity index (χ1n) is 16.8. The van der Waals surface area contributed by atoms with Crippen LogP contribution in [-0.2, 0) is 32.6 Å². The van der Waals surface area contributed by atoms with E-state index in [0.29, 0.717) is 18.1 Å². The molecule has 0 radical (unpaired) electrons. The van der Waals surface area contributed by atoms with Crippen LogP contribution in [0, 0.1) is 0 Å². The fourth-order valence-electron chi connectivity index (χ4n) is 4.79. The summed E-state index contributed by atoms with van der Waals surface area (Å²) in [4.78, 5) is 31.5. The zero-order chi connectivity index (χ0) is 40.7. The van der Waals surface area contributed by atoms with E-state index < -0.39 is 95.1 Å². The molecule has 0 saturated carbocycles. The summed E-state index contributed by atoms with van der Waals surface area (Å²) >= 11 is 0. The number of amides is 2. The smallest absolute Gasteiger partial charge is 0.426 e. The number of imide groups is 1. The highest BCUT2D eigenvalue weighted by atomic mass is 19.4. The summed E-state index contributed by atoms with van der Waals surface area (Å²) in [6.45, 7) is 16.7. The van der Waals surface area contributed by atoms with Crippen molar-refractivity contribution in [2.75, 3.05) is 4.90 Å². The Morgan fingerprint density at radius 2 is 1.50 bits per heavy atom. The predicted octanol–water partition coefficient (Wildman–Crippen LogP) is 10.5. The number of rotatable bonds is 14. The van der Waals surface area contributed by atoms with Crippen LogP contribution in [0.3, 0.4) is 0 Å². The van der Waals surface area contributed by atoms with Crippen molar-refractivity contribution in [3.8, 4) is 17.5 Å². The molecule has 0 aliphatic rings. The lowest BCUT2D eigenvalue weighted by atomic mass is 9.98. The lowest BCUT2D eigenvalue weighted by Gasteiger charge is -2.31. The van der Waals surface area contributed by atoms with E-state index in [0.717, 1.165) is 6.08 Å². The van der Waals surface area contributed by atoms with Crippen LogP contribution < -0.4 is 9.64 Å². The van der Waals surface area contributed by atoms with Crippen molar-refractivity contribution in [3.63, 3.8) is 0 Å². The third-order valence-corrected chi connectivity index (χ3v) is 7.28. The van der Waals surface area contributed by atoms with E-state index >= 15 is 13.2 Å². The highest BCUT2D eigenvalue weighted by molar-refractivity contribution is 6.11. The quantitative estimate of drug-likeness (QED) is 0.115. The van der Waals surface area contributed by atoms with Gasteiger partial charge in [-0.05, 0) is 72.4 Å². The van der Waals surface area contributed by atoms with Gasteiger partial charge in [-0.2, -0.15) is 31.2 Å². The Labute approximate surface area is 309 Å². The van der Waals surface area contributed by atoms with Gasteiger partial charge in [-0.25, -0.2) is 14.6 Å². The standard InChI is InChI=1S/C37H44F6N4O7/c1-10-13-19-24(12-3)51-28-25(36(38,39)40)21-26(47(31(48)53-33(4,5)6)32(49)54-34(7,8)9)27(44-28)29-45-46-30(52-29)35(20-11-2,37(41,42)43)50-22-23-17-15-14-16-18-23/h10-11,14-18,21,24H,1-2,12-13,19-20,22H2,3-9H3/t24?,35-/m1/s1. The van der Waals surface area contributed by atoms with Crippen molar-refractivity contribution in [2.24, 2.45) is 0 Å². The molecule has 296 valence electrons. The summed E-state index contributed by atoms with van der Waals surface area (Å²) in [5.41, 5.74) is -8.91. The second-order valence-electron chi connectivity index (χ2n) is 14.0. The Balaban J connectivity index is 2.43. The van der Waals surface area contributed by atoms with E-state index in [1.54, 1.807) is 25.1 Å². The first-order valence-corrected chi connectivity index (χ1v) is 16.8. The molecule has 0 aliphatic heterocycles. The number of ether oxygens (including phenoxy) is 4. The molecule has 0 saturated heterocycles. The number of alkyl halides is 6. The summed E-state index contributed by atoms with van der Waals surface area (Å²) in [5.74, 6) is -3.15. The Hall–Kier alpha value is -4.93. The van der Waals surface area contributed by atoms with Gasteiger partial charge in [0.25, 0.3) is 11.8 Å². The molecule has 2 heterocycles. The van der Waals surface area contributed by atoms with E-state index in [1.165, 1.54) is 59.8 Å². The molecule has 1 aromatic carbocycles. The number of hydrogen-bond donors (Lipinski definition) is 0. The number of anilines is 1. The molecule has 0 aliphatic carbocycles. The summed E-state index contributed by atoms with van der Waals surface area (Å²) in [6, 6.07) is 8.23. The molecule has 3 rings (SSSR count). The number of halogens is 6. The molecule has 0 bridgehead atoms. The van der Waals surface area contributed by atoms with Gasteiger partial charge in [-0.15, -0.1) is 23.4 Å². The topological polar surface area (TPSA) is 126 Å². The van der Waals surface area contributed by atoms with Crippen molar-refractivity contribution in [1.29, 1.82) is 0 Å². The molecule has 17 heteroatoms. The average molecular weight is 771 g/mol. The molecule has 1 unspecified atom stereocenters. The third kappa shape index (κ3) is 11.1. The molecule has 2 amide bonds. The normalized spacial score (nSPS) is 14.1. The zero-order valence-corrected chi connectivity index (χ0v) is 31.1. The third-order valence-electron chi connectivity index (χ3n) is 7.28. The number of allylic oxidation sites excluding steroid dienone is 1. The predicted molar refractivity (Wildman–Crippen MR) is 185 cm³/mol. The number of benzene rings is 1. The molecule has 54 heavy (non-hydrogen) atoms. The monoisotopic (exact) mass is 770 g/mol. The second-order valence-corrected chi connectivity index (χ2v) is 14.0. The van der Waals surface area contributed by atoms with E-state index in [2.05, 4.69) is 28.3 Å². The number of aromatic nitrogens is 3. The maximum absolute atomic E-state index is 15.0. The lowest BCUT2D eigenvalue weighted by molar-refractivity contribution is -0.295. The molecule has 0 spiro atoms. The highest BCUT2D eigenvalue weighted by Crippen LogP contribution is 2.47. The van der Waals surface area contributed by atoms with Crippen molar-refractivity contribution in [2.45, 2.75) is 116 Å². The molecule has 0 fully saturated rings. The minimum atomic E-state index is -5.22. The van der Waals surface area contributed by atoms with Crippen LogP contribution in [0.15, 0.2) is 66.1 Å². The number of carbonyl (C=O) groups is 2. The van der Waals surface area contributed by atoms with Crippen LogP contribution >= 0.6 is 0 Å². The minimum Gasteiger partial charge on any atom is -0.474 e. The van der Waals surface area contributed by atoms with Gasteiger partial charge in [-0.3, -0.25) is 0 Å². The van der Waals surface area contributed by atoms with E-state index in [4.69, 9.17) is 23.4 Å². The summed E-state index contributed by atoms with van der Waals surface area (Å²) in [6.07, 6.45) is -12.0. The van der Waals surface area contributed by atoms with Gasteiger partial charge in [-0.1, -0.05) is 49.4 Å². The van der Waals surface area contributed by atoms with Crippen molar-refractivity contribution >= 4 is 17.9 Å². The van der Waals surface area contributed by atoms with E-state index in [9.17, 15) is 22.8 Å². The van der Waals surface area contributed by atoms with Gasteiger partial charge in [0, 0.05) is 6.42 Å². The fraction of sp³-hybridized carbons (Fsp3) is 0.486. The van der Waals surface area contributed by atoms with Gasteiger partial charge in [0.05, 0.1) is 12.3 Å². The second kappa shape index (κ2) is 17.0. The summed E-state index contributed by atoms with van der Waals surface area (Å²) in [5, 5.41) is 7.34. The minimum absolute atomic E-state index is 0.114. The number of carbonyl (C=O) groups excluding carboxylic acids is 2. The number of pyridine rings is 1. The molecule has 0 N–H and O–H groups in total. The molecular formula is C37H44F6N4O7. The van der Waals surface area contributed by atoms with Crippen LogP contribution in [0.4, 0.5) is 41.6 Å². The van der Waals surface area contributed by atoms with Gasteiger partial charge in [0.1, 0.15) is 22.9 Å². The largest absolute Gasteiger partial charge is 0.474 e. The van der Waals surface area contributed by atoms with Gasteiger partial charge < -0.3 is 23.4 Å². The number of nitrogens with zero attached hydrogens (tertiary/aromatic N) is 4. The lowest BCUT2D eigenvalue weighted by Crippen LogP contribution is -2.45. The van der Waals surface area contributed by atoms with E-state index in [1.807, 2.05) is 0 Å². The Bertz CT molecular complexity index is 1740. The molecule has 11 nitrogen and oxygen atoms in total. The van der Waals surface area contributed by atoms with Crippen LogP contribution in [0.5, 0.6) is 5.88 Å².